The molecule has 1 aliphatic heterocycles. The second-order valence-electron chi connectivity index (χ2n) is 5.95. The number of aromatic amines is 1. The van der Waals surface area contributed by atoms with Crippen LogP contribution < -0.4 is 0 Å². The molecule has 114 valence electrons. The van der Waals surface area contributed by atoms with Crippen LogP contribution in [0.4, 0.5) is 0 Å². The van der Waals surface area contributed by atoms with Crippen LogP contribution in [0.5, 0.6) is 0 Å². The highest BCUT2D eigenvalue weighted by Crippen LogP contribution is 2.27. The molecule has 2 aromatic heterocycles. The zero-order valence-corrected chi connectivity index (χ0v) is 12.7. The lowest BCUT2D eigenvalue weighted by molar-refractivity contribution is 0.0979. The first kappa shape index (κ1) is 13.7. The standard InChI is InChI=1S/C18H21N3O/c1-2-6-15-14(5-1)18-16(20-15)7-8-19-17(18)13-22-12-11-21-9-3-4-10-21/h1-2,5-8,20H,3-4,9-13H2. The Morgan fingerprint density at radius 3 is 2.86 bits per heavy atom. The largest absolute Gasteiger partial charge is 0.374 e. The summed E-state index contributed by atoms with van der Waals surface area (Å²) in [6.07, 6.45) is 4.52. The molecule has 4 heteroatoms. The summed E-state index contributed by atoms with van der Waals surface area (Å²) < 4.78 is 5.89. The Balaban J connectivity index is 1.51. The number of nitrogens with one attached hydrogen (secondary N) is 1. The molecular weight excluding hydrogens is 274 g/mol. The van der Waals surface area contributed by atoms with Crippen LogP contribution in [0.2, 0.25) is 0 Å². The van der Waals surface area contributed by atoms with Crippen molar-refractivity contribution in [2.45, 2.75) is 19.4 Å². The maximum atomic E-state index is 5.89. The normalized spacial score (nSPS) is 16.0. The lowest BCUT2D eigenvalue weighted by Gasteiger charge is -2.14. The first-order chi connectivity index (χ1) is 10.9. The fourth-order valence-electron chi connectivity index (χ4n) is 3.34. The van der Waals surface area contributed by atoms with E-state index < -0.39 is 0 Å². The molecule has 1 aromatic carbocycles. The van der Waals surface area contributed by atoms with Gasteiger partial charge >= 0.3 is 0 Å². The summed E-state index contributed by atoms with van der Waals surface area (Å²) in [6, 6.07) is 10.4. The molecule has 1 N–H and O–H groups in total. The molecule has 0 radical (unpaired) electrons. The Morgan fingerprint density at radius 1 is 1.09 bits per heavy atom. The van der Waals surface area contributed by atoms with Crippen molar-refractivity contribution in [1.82, 2.24) is 14.9 Å². The second-order valence-corrected chi connectivity index (χ2v) is 5.95. The topological polar surface area (TPSA) is 41.1 Å². The Hall–Kier alpha value is -1.91. The van der Waals surface area contributed by atoms with Crippen LogP contribution in [0.1, 0.15) is 18.5 Å². The maximum absolute atomic E-state index is 5.89. The molecule has 0 bridgehead atoms. The lowest BCUT2D eigenvalue weighted by Crippen LogP contribution is -2.24. The van der Waals surface area contributed by atoms with Crippen LogP contribution in [-0.4, -0.2) is 41.1 Å². The van der Waals surface area contributed by atoms with Crippen molar-refractivity contribution >= 4 is 21.8 Å². The number of nitrogens with zero attached hydrogens (tertiary/aromatic N) is 2. The summed E-state index contributed by atoms with van der Waals surface area (Å²) in [7, 11) is 0. The Morgan fingerprint density at radius 2 is 1.95 bits per heavy atom. The van der Waals surface area contributed by atoms with Gasteiger partial charge in [0.15, 0.2) is 0 Å². The zero-order valence-electron chi connectivity index (χ0n) is 12.7. The quantitative estimate of drug-likeness (QED) is 0.734. The van der Waals surface area contributed by atoms with E-state index in [4.69, 9.17) is 4.74 Å². The van der Waals surface area contributed by atoms with Crippen LogP contribution >= 0.6 is 0 Å². The van der Waals surface area contributed by atoms with Gasteiger partial charge in [-0.25, -0.2) is 0 Å². The Kier molecular flexibility index (Phi) is 3.79. The van der Waals surface area contributed by atoms with E-state index in [0.29, 0.717) is 6.61 Å². The van der Waals surface area contributed by atoms with Gasteiger partial charge in [0.2, 0.25) is 0 Å². The molecule has 0 saturated carbocycles. The molecule has 1 saturated heterocycles. The molecular formula is C18H21N3O. The number of H-pyrrole nitrogens is 1. The summed E-state index contributed by atoms with van der Waals surface area (Å²) in [5.41, 5.74) is 3.31. The minimum atomic E-state index is 0.576. The molecule has 1 aliphatic rings. The summed E-state index contributed by atoms with van der Waals surface area (Å²) in [5.74, 6) is 0. The fourth-order valence-corrected chi connectivity index (χ4v) is 3.34. The average Bonchev–Trinajstić information content (AvgIpc) is 3.19. The van der Waals surface area contributed by atoms with Gasteiger partial charge in [0.1, 0.15) is 0 Å². The van der Waals surface area contributed by atoms with E-state index in [9.17, 15) is 0 Å². The van der Waals surface area contributed by atoms with Crippen molar-refractivity contribution in [2.24, 2.45) is 0 Å². The molecule has 4 rings (SSSR count). The molecule has 0 unspecified atom stereocenters. The summed E-state index contributed by atoms with van der Waals surface area (Å²) in [6.45, 7) is 4.83. The third-order valence-corrected chi connectivity index (χ3v) is 4.48. The van der Waals surface area contributed by atoms with Gasteiger partial charge in [-0.1, -0.05) is 18.2 Å². The highest BCUT2D eigenvalue weighted by molar-refractivity contribution is 6.08. The van der Waals surface area contributed by atoms with Gasteiger partial charge in [-0.3, -0.25) is 4.98 Å². The van der Waals surface area contributed by atoms with Crippen LogP contribution in [0.3, 0.4) is 0 Å². The molecule has 0 amide bonds. The van der Waals surface area contributed by atoms with Crippen molar-refractivity contribution in [2.75, 3.05) is 26.2 Å². The average molecular weight is 295 g/mol. The molecule has 0 spiro atoms. The second kappa shape index (κ2) is 6.07. The number of aromatic nitrogens is 2. The SMILES string of the molecule is c1ccc2c(c1)[nH]c1ccnc(COCCN3CCCC3)c12. The number of hydrogen-bond donors (Lipinski definition) is 1. The van der Waals surface area contributed by atoms with Gasteiger partial charge in [-0.15, -0.1) is 0 Å². The number of likely N-dealkylation sites (tertiary alicyclic amines) is 1. The minimum absolute atomic E-state index is 0.576. The molecule has 1 fully saturated rings. The van der Waals surface area contributed by atoms with Crippen LogP contribution in [-0.2, 0) is 11.3 Å². The number of hydrogen-bond acceptors (Lipinski definition) is 3. The van der Waals surface area contributed by atoms with Gasteiger partial charge in [-0.2, -0.15) is 0 Å². The van der Waals surface area contributed by atoms with Gasteiger partial charge in [-0.05, 0) is 38.1 Å². The third kappa shape index (κ3) is 2.60. The van der Waals surface area contributed by atoms with Gasteiger partial charge < -0.3 is 14.6 Å². The van der Waals surface area contributed by atoms with Crippen molar-refractivity contribution in [3.05, 3.63) is 42.2 Å². The molecule has 4 nitrogen and oxygen atoms in total. The number of fused-ring (bicyclic) bond motifs is 3. The van der Waals surface area contributed by atoms with E-state index in [2.05, 4.69) is 39.1 Å². The number of benzene rings is 1. The predicted octanol–water partition coefficient (Wildman–Crippen LogP) is 3.33. The van der Waals surface area contributed by atoms with E-state index in [1.165, 1.54) is 36.7 Å². The minimum Gasteiger partial charge on any atom is -0.374 e. The predicted molar refractivity (Wildman–Crippen MR) is 88.9 cm³/mol. The van der Waals surface area contributed by atoms with E-state index >= 15 is 0 Å². The number of rotatable bonds is 5. The number of pyridine rings is 1. The highest BCUT2D eigenvalue weighted by Gasteiger charge is 2.12. The summed E-state index contributed by atoms with van der Waals surface area (Å²) in [5, 5.41) is 2.42. The van der Waals surface area contributed by atoms with Crippen LogP contribution in [0.15, 0.2) is 36.5 Å². The maximum Gasteiger partial charge on any atom is 0.0895 e. The van der Waals surface area contributed by atoms with Gasteiger partial charge in [0.05, 0.1) is 18.9 Å². The van der Waals surface area contributed by atoms with E-state index in [1.54, 1.807) is 0 Å². The number of ether oxygens (including phenoxy) is 1. The monoisotopic (exact) mass is 295 g/mol. The molecule has 22 heavy (non-hydrogen) atoms. The van der Waals surface area contributed by atoms with E-state index in [-0.39, 0.29) is 0 Å². The first-order valence-electron chi connectivity index (χ1n) is 8.06. The fraction of sp³-hybridized carbons (Fsp3) is 0.389. The van der Waals surface area contributed by atoms with Crippen LogP contribution in [0, 0.1) is 0 Å². The molecule has 3 aromatic rings. The molecule has 0 aliphatic carbocycles. The molecule has 0 atom stereocenters. The van der Waals surface area contributed by atoms with E-state index in [0.717, 1.165) is 29.9 Å². The summed E-state index contributed by atoms with van der Waals surface area (Å²) >= 11 is 0. The first-order valence-corrected chi connectivity index (χ1v) is 8.06. The van der Waals surface area contributed by atoms with Gasteiger partial charge in [0.25, 0.3) is 0 Å². The Labute approximate surface area is 130 Å². The summed E-state index contributed by atoms with van der Waals surface area (Å²) in [4.78, 5) is 10.5. The lowest BCUT2D eigenvalue weighted by atomic mass is 10.1. The third-order valence-electron chi connectivity index (χ3n) is 4.48. The highest BCUT2D eigenvalue weighted by atomic mass is 16.5. The van der Waals surface area contributed by atoms with Crippen LogP contribution in [0.25, 0.3) is 21.8 Å². The zero-order chi connectivity index (χ0) is 14.8. The van der Waals surface area contributed by atoms with Gasteiger partial charge in [0, 0.05) is 34.5 Å². The smallest absolute Gasteiger partial charge is 0.0895 e. The Bertz CT molecular complexity index is 774. The van der Waals surface area contributed by atoms with Crippen molar-refractivity contribution in [1.29, 1.82) is 0 Å². The number of para-hydroxylation sites is 1. The van der Waals surface area contributed by atoms with Crippen molar-refractivity contribution in [3.8, 4) is 0 Å². The van der Waals surface area contributed by atoms with Crippen molar-refractivity contribution in [3.63, 3.8) is 0 Å². The van der Waals surface area contributed by atoms with Crippen molar-refractivity contribution < 1.29 is 4.74 Å². The van der Waals surface area contributed by atoms with E-state index in [1.807, 2.05) is 12.3 Å². The molecule has 3 heterocycles.